The van der Waals surface area contributed by atoms with E-state index >= 15 is 0 Å². The van der Waals surface area contributed by atoms with Crippen molar-refractivity contribution in [3.05, 3.63) is 47.5 Å². The molecule has 33 heavy (non-hydrogen) atoms. The van der Waals surface area contributed by atoms with Crippen LogP contribution in [0.3, 0.4) is 0 Å². The van der Waals surface area contributed by atoms with Crippen LogP contribution >= 0.6 is 0 Å². The van der Waals surface area contributed by atoms with Crippen molar-refractivity contribution < 1.29 is 19.1 Å². The van der Waals surface area contributed by atoms with Gasteiger partial charge in [-0.05, 0) is 76.1 Å². The molecule has 176 valence electrons. The Bertz CT molecular complexity index is 1050. The molecule has 7 heteroatoms. The molecule has 1 aliphatic heterocycles. The third-order valence-corrected chi connectivity index (χ3v) is 5.88. The van der Waals surface area contributed by atoms with Crippen molar-refractivity contribution in [1.29, 1.82) is 0 Å². The van der Waals surface area contributed by atoms with Crippen molar-refractivity contribution in [2.45, 2.75) is 53.6 Å². The summed E-state index contributed by atoms with van der Waals surface area (Å²) in [5, 5.41) is 2.92. The molecule has 0 aliphatic carbocycles. The molecule has 2 aromatic carbocycles. The molecule has 0 aromatic heterocycles. The number of Topliss-reactive ketones (excluding diaryl/α,β-unsaturated/α-hetero) is 1. The second-order valence-corrected chi connectivity index (χ2v) is 8.26. The maximum absolute atomic E-state index is 12.9. The first-order valence-corrected chi connectivity index (χ1v) is 11.6. The average molecular weight is 452 g/mol. The predicted molar refractivity (Wildman–Crippen MR) is 131 cm³/mol. The van der Waals surface area contributed by atoms with Gasteiger partial charge >= 0.3 is 0 Å². The quantitative estimate of drug-likeness (QED) is 0.565. The van der Waals surface area contributed by atoms with E-state index < -0.39 is 6.10 Å². The van der Waals surface area contributed by atoms with Gasteiger partial charge in [0.05, 0.1) is 5.69 Å². The summed E-state index contributed by atoms with van der Waals surface area (Å²) in [6.45, 7) is 11.4. The van der Waals surface area contributed by atoms with Crippen LogP contribution in [0.2, 0.25) is 0 Å². The summed E-state index contributed by atoms with van der Waals surface area (Å²) in [6, 6.07) is 11.0. The Morgan fingerprint density at radius 3 is 2.45 bits per heavy atom. The smallest absolute Gasteiger partial charge is 0.268 e. The number of ketones is 1. The van der Waals surface area contributed by atoms with Crippen LogP contribution in [-0.4, -0.2) is 43.3 Å². The standard InChI is InChI=1S/C26H33N3O4/c1-6-9-23(30)19-10-13-24-22(15-19)29(26(32)18(5)33-24)16-25(31)27-21-12-11-20(14-17(21)4)28(7-2)8-3/h10-15,18H,6-9,16H2,1-5H3,(H,27,31). The van der Waals surface area contributed by atoms with Crippen molar-refractivity contribution in [2.75, 3.05) is 34.8 Å². The summed E-state index contributed by atoms with van der Waals surface area (Å²) < 4.78 is 5.71. The Balaban J connectivity index is 1.81. The van der Waals surface area contributed by atoms with Crippen molar-refractivity contribution in [1.82, 2.24) is 0 Å². The lowest BCUT2D eigenvalue weighted by atomic mass is 10.0. The molecule has 1 aliphatic rings. The topological polar surface area (TPSA) is 79.0 Å². The molecule has 0 fully saturated rings. The minimum Gasteiger partial charge on any atom is -0.479 e. The number of nitrogens with zero attached hydrogens (tertiary/aromatic N) is 2. The maximum Gasteiger partial charge on any atom is 0.268 e. The van der Waals surface area contributed by atoms with Gasteiger partial charge in [0.2, 0.25) is 5.91 Å². The largest absolute Gasteiger partial charge is 0.479 e. The summed E-state index contributed by atoms with van der Waals surface area (Å²) in [6.07, 6.45) is 0.450. The third kappa shape index (κ3) is 5.35. The van der Waals surface area contributed by atoms with Gasteiger partial charge in [0.15, 0.2) is 11.9 Å². The van der Waals surface area contributed by atoms with Crippen molar-refractivity contribution in [3.63, 3.8) is 0 Å². The first kappa shape index (κ1) is 24.3. The summed E-state index contributed by atoms with van der Waals surface area (Å²) >= 11 is 0. The molecule has 1 atom stereocenters. The summed E-state index contributed by atoms with van der Waals surface area (Å²) in [5.41, 5.74) is 3.71. The highest BCUT2D eigenvalue weighted by Gasteiger charge is 2.33. The van der Waals surface area contributed by atoms with E-state index in [-0.39, 0.29) is 24.1 Å². The van der Waals surface area contributed by atoms with Gasteiger partial charge in [-0.25, -0.2) is 0 Å². The van der Waals surface area contributed by atoms with Gasteiger partial charge < -0.3 is 15.0 Å². The monoisotopic (exact) mass is 451 g/mol. The van der Waals surface area contributed by atoms with E-state index in [2.05, 4.69) is 24.1 Å². The van der Waals surface area contributed by atoms with E-state index in [0.717, 1.165) is 30.8 Å². The molecule has 0 bridgehead atoms. The number of anilines is 3. The first-order valence-electron chi connectivity index (χ1n) is 11.6. The SMILES string of the molecule is CCCC(=O)c1ccc2c(c1)N(CC(=O)Nc1ccc(N(CC)CC)cc1C)C(=O)C(C)O2. The van der Waals surface area contributed by atoms with Crippen molar-refractivity contribution in [3.8, 4) is 5.75 Å². The molecule has 0 spiro atoms. The maximum atomic E-state index is 12.9. The number of hydrogen-bond donors (Lipinski definition) is 1. The molecule has 0 radical (unpaired) electrons. The normalized spacial score (nSPS) is 15.0. The molecule has 3 rings (SSSR count). The van der Waals surface area contributed by atoms with Crippen LogP contribution in [0.1, 0.15) is 56.5 Å². The summed E-state index contributed by atoms with van der Waals surface area (Å²) in [4.78, 5) is 41.8. The Kier molecular flexibility index (Phi) is 7.74. The number of hydrogen-bond acceptors (Lipinski definition) is 5. The third-order valence-electron chi connectivity index (χ3n) is 5.88. The lowest BCUT2D eigenvalue weighted by Gasteiger charge is -2.33. The number of fused-ring (bicyclic) bond motifs is 1. The molecule has 2 amide bonds. The molecule has 1 heterocycles. The Morgan fingerprint density at radius 2 is 1.82 bits per heavy atom. The van der Waals surface area contributed by atoms with E-state index in [9.17, 15) is 14.4 Å². The van der Waals surface area contributed by atoms with Gasteiger partial charge in [0, 0.05) is 36.4 Å². The molecular formula is C26H33N3O4. The number of carbonyl (C=O) groups excluding carboxylic acids is 3. The van der Waals surface area contributed by atoms with Gasteiger partial charge in [-0.3, -0.25) is 19.3 Å². The predicted octanol–water partition coefficient (Wildman–Crippen LogP) is 4.58. The molecule has 0 saturated carbocycles. The minimum atomic E-state index is -0.711. The van der Waals surface area contributed by atoms with Crippen LogP contribution in [0.5, 0.6) is 5.75 Å². The van der Waals surface area contributed by atoms with Crippen LogP contribution in [-0.2, 0) is 9.59 Å². The second-order valence-electron chi connectivity index (χ2n) is 8.26. The number of ether oxygens (including phenoxy) is 1. The summed E-state index contributed by atoms with van der Waals surface area (Å²) in [5.74, 6) is -0.138. The fraction of sp³-hybridized carbons (Fsp3) is 0.423. The Labute approximate surface area is 195 Å². The Hall–Kier alpha value is -3.35. The average Bonchev–Trinajstić information content (AvgIpc) is 2.79. The zero-order valence-corrected chi connectivity index (χ0v) is 20.1. The van der Waals surface area contributed by atoms with Gasteiger partial charge in [0.25, 0.3) is 5.91 Å². The van der Waals surface area contributed by atoms with Crippen molar-refractivity contribution >= 4 is 34.7 Å². The second kappa shape index (κ2) is 10.5. The number of benzene rings is 2. The number of amides is 2. The zero-order chi connectivity index (χ0) is 24.1. The molecule has 1 N–H and O–H groups in total. The van der Waals surface area contributed by atoms with E-state index in [1.165, 1.54) is 4.90 Å². The molecule has 7 nitrogen and oxygen atoms in total. The van der Waals surface area contributed by atoms with Crippen molar-refractivity contribution in [2.24, 2.45) is 0 Å². The minimum absolute atomic E-state index is 0.000288. The zero-order valence-electron chi connectivity index (χ0n) is 20.1. The van der Waals surface area contributed by atoms with Gasteiger partial charge in [0.1, 0.15) is 12.3 Å². The molecule has 1 unspecified atom stereocenters. The highest BCUT2D eigenvalue weighted by atomic mass is 16.5. The van der Waals surface area contributed by atoms with E-state index in [4.69, 9.17) is 4.74 Å². The summed E-state index contributed by atoms with van der Waals surface area (Å²) in [7, 11) is 0. The number of aryl methyl sites for hydroxylation is 1. The van der Waals surface area contributed by atoms with Crippen LogP contribution in [0.25, 0.3) is 0 Å². The van der Waals surface area contributed by atoms with Crippen LogP contribution < -0.4 is 19.9 Å². The number of carbonyl (C=O) groups is 3. The molecule has 0 saturated heterocycles. The van der Waals surface area contributed by atoms with Crippen LogP contribution in [0, 0.1) is 6.92 Å². The fourth-order valence-corrected chi connectivity index (χ4v) is 4.02. The highest BCUT2D eigenvalue weighted by Crippen LogP contribution is 2.35. The highest BCUT2D eigenvalue weighted by molar-refractivity contribution is 6.07. The first-order chi connectivity index (χ1) is 15.8. The van der Waals surface area contributed by atoms with Gasteiger partial charge in [-0.1, -0.05) is 6.92 Å². The number of nitrogens with one attached hydrogen (secondary N) is 1. The van der Waals surface area contributed by atoms with E-state index in [0.29, 0.717) is 29.1 Å². The van der Waals surface area contributed by atoms with Crippen LogP contribution in [0.15, 0.2) is 36.4 Å². The molecular weight excluding hydrogens is 418 g/mol. The fourth-order valence-electron chi connectivity index (χ4n) is 4.02. The van der Waals surface area contributed by atoms with E-state index in [1.807, 2.05) is 32.0 Å². The Morgan fingerprint density at radius 1 is 1.09 bits per heavy atom. The lowest BCUT2D eigenvalue weighted by molar-refractivity contribution is -0.127. The molecule has 2 aromatic rings. The van der Waals surface area contributed by atoms with Crippen LogP contribution in [0.4, 0.5) is 17.1 Å². The van der Waals surface area contributed by atoms with Gasteiger partial charge in [-0.15, -0.1) is 0 Å². The lowest BCUT2D eigenvalue weighted by Crippen LogP contribution is -2.47. The van der Waals surface area contributed by atoms with Gasteiger partial charge in [-0.2, -0.15) is 0 Å². The number of rotatable bonds is 9. The van der Waals surface area contributed by atoms with E-state index in [1.54, 1.807) is 25.1 Å².